The molecule has 0 unspecified atom stereocenters. The predicted molar refractivity (Wildman–Crippen MR) is 75.0 cm³/mol. The van der Waals surface area contributed by atoms with Gasteiger partial charge < -0.3 is 19.9 Å². The summed E-state index contributed by atoms with van der Waals surface area (Å²) in [7, 11) is 1.57. The van der Waals surface area contributed by atoms with Crippen molar-refractivity contribution in [2.45, 2.75) is 25.9 Å². The number of benzene rings is 1. The largest absolute Gasteiger partial charge is 0.493 e. The average molecular weight is 279 g/mol. The number of aryl methyl sites for hydroxylation is 1. The molecule has 0 spiro atoms. The van der Waals surface area contributed by atoms with Crippen molar-refractivity contribution >= 4 is 5.91 Å². The number of nitrogens with one attached hydrogen (secondary N) is 1. The lowest BCUT2D eigenvalue weighted by atomic mass is 9.82. The van der Waals surface area contributed by atoms with E-state index in [2.05, 4.69) is 5.32 Å². The number of carbonyl (C=O) groups excluding carboxylic acids is 1. The van der Waals surface area contributed by atoms with Gasteiger partial charge in [0.05, 0.1) is 13.2 Å². The van der Waals surface area contributed by atoms with Gasteiger partial charge in [-0.3, -0.25) is 4.79 Å². The van der Waals surface area contributed by atoms with Crippen LogP contribution in [-0.2, 0) is 4.79 Å². The second kappa shape index (κ2) is 6.61. The van der Waals surface area contributed by atoms with Gasteiger partial charge in [0.1, 0.15) is 0 Å². The minimum Gasteiger partial charge on any atom is -0.493 e. The van der Waals surface area contributed by atoms with Crippen LogP contribution >= 0.6 is 0 Å². The van der Waals surface area contributed by atoms with Crippen LogP contribution in [0, 0.1) is 12.8 Å². The Morgan fingerprint density at radius 3 is 2.80 bits per heavy atom. The Kier molecular flexibility index (Phi) is 4.84. The van der Waals surface area contributed by atoms with Crippen molar-refractivity contribution in [3.8, 4) is 11.5 Å². The van der Waals surface area contributed by atoms with Crippen LogP contribution in [0.15, 0.2) is 18.2 Å². The second-order valence-corrected chi connectivity index (χ2v) is 5.24. The van der Waals surface area contributed by atoms with Gasteiger partial charge in [-0.15, -0.1) is 0 Å². The number of aliphatic hydroxyl groups is 1. The molecule has 1 aromatic rings. The molecule has 1 aliphatic carbocycles. The Morgan fingerprint density at radius 1 is 1.40 bits per heavy atom. The average Bonchev–Trinajstić information content (AvgIpc) is 2.40. The molecule has 0 heterocycles. The zero-order valence-electron chi connectivity index (χ0n) is 11.9. The molecule has 2 N–H and O–H groups in total. The summed E-state index contributed by atoms with van der Waals surface area (Å²) in [5.41, 5.74) is 1.07. The molecule has 110 valence electrons. The third-order valence-electron chi connectivity index (χ3n) is 3.48. The fourth-order valence-electron chi connectivity index (χ4n) is 2.21. The molecule has 0 aromatic heterocycles. The molecular formula is C15H21NO4. The maximum absolute atomic E-state index is 11.7. The number of rotatable bonds is 6. The van der Waals surface area contributed by atoms with Crippen LogP contribution in [0.4, 0.5) is 0 Å². The molecule has 0 radical (unpaired) electrons. The first kappa shape index (κ1) is 14.7. The van der Waals surface area contributed by atoms with E-state index in [4.69, 9.17) is 14.6 Å². The second-order valence-electron chi connectivity index (χ2n) is 5.24. The molecule has 2 rings (SSSR count). The van der Waals surface area contributed by atoms with Crippen molar-refractivity contribution in [1.29, 1.82) is 0 Å². The number of aliphatic hydroxyl groups excluding tert-OH is 1. The number of hydrogen-bond donors (Lipinski definition) is 2. The van der Waals surface area contributed by atoms with Gasteiger partial charge >= 0.3 is 0 Å². The highest BCUT2D eigenvalue weighted by Gasteiger charge is 2.27. The number of methoxy groups -OCH3 is 1. The molecule has 1 aromatic carbocycles. The molecule has 0 aliphatic heterocycles. The Bertz CT molecular complexity index is 469. The molecule has 5 heteroatoms. The summed E-state index contributed by atoms with van der Waals surface area (Å²) in [4.78, 5) is 11.7. The minimum atomic E-state index is -0.190. The van der Waals surface area contributed by atoms with Crippen LogP contribution in [0.3, 0.4) is 0 Å². The Hall–Kier alpha value is -1.75. The third kappa shape index (κ3) is 3.87. The van der Waals surface area contributed by atoms with Gasteiger partial charge in [-0.1, -0.05) is 6.07 Å². The normalized spacial score (nSPS) is 20.9. The summed E-state index contributed by atoms with van der Waals surface area (Å²) in [5, 5.41) is 12.0. The highest BCUT2D eigenvalue weighted by atomic mass is 16.5. The van der Waals surface area contributed by atoms with Crippen molar-refractivity contribution in [2.75, 3.05) is 20.3 Å². The zero-order chi connectivity index (χ0) is 14.5. The summed E-state index contributed by atoms with van der Waals surface area (Å²) >= 11 is 0. The van der Waals surface area contributed by atoms with Gasteiger partial charge in [0, 0.05) is 6.54 Å². The van der Waals surface area contributed by atoms with Gasteiger partial charge in [-0.05, 0) is 43.4 Å². The van der Waals surface area contributed by atoms with E-state index in [0.29, 0.717) is 24.0 Å². The van der Waals surface area contributed by atoms with Gasteiger partial charge in [-0.25, -0.2) is 0 Å². The van der Waals surface area contributed by atoms with Gasteiger partial charge in [0.25, 0.3) is 5.91 Å². The maximum Gasteiger partial charge on any atom is 0.257 e. The lowest BCUT2D eigenvalue weighted by Gasteiger charge is -2.31. The van der Waals surface area contributed by atoms with E-state index in [-0.39, 0.29) is 18.6 Å². The standard InChI is InChI=1S/C15H21NO4/c1-10-3-4-13(14(5-10)19-2)20-9-15(18)16-8-11-6-12(17)7-11/h3-5,11-12,17H,6-9H2,1-2H3,(H,16,18). The Balaban J connectivity index is 1.75. The van der Waals surface area contributed by atoms with Crippen LogP contribution in [0.2, 0.25) is 0 Å². The van der Waals surface area contributed by atoms with E-state index in [1.54, 1.807) is 13.2 Å². The summed E-state index contributed by atoms with van der Waals surface area (Å²) in [6, 6.07) is 5.57. The fraction of sp³-hybridized carbons (Fsp3) is 0.533. The molecule has 0 bridgehead atoms. The first-order valence-electron chi connectivity index (χ1n) is 6.80. The van der Waals surface area contributed by atoms with E-state index >= 15 is 0 Å². The number of carbonyl (C=O) groups is 1. The van der Waals surface area contributed by atoms with Gasteiger partial charge in [-0.2, -0.15) is 0 Å². The summed E-state index contributed by atoms with van der Waals surface area (Å²) in [6.45, 7) is 2.53. The Morgan fingerprint density at radius 2 is 2.15 bits per heavy atom. The summed E-state index contributed by atoms with van der Waals surface area (Å²) < 4.78 is 10.7. The Labute approximate surface area is 118 Å². The van der Waals surface area contributed by atoms with Crippen LogP contribution < -0.4 is 14.8 Å². The lowest BCUT2D eigenvalue weighted by Crippen LogP contribution is -2.39. The number of amides is 1. The molecule has 20 heavy (non-hydrogen) atoms. The molecular weight excluding hydrogens is 258 g/mol. The van der Waals surface area contributed by atoms with Crippen LogP contribution in [0.25, 0.3) is 0 Å². The number of ether oxygens (including phenoxy) is 2. The topological polar surface area (TPSA) is 67.8 Å². The van der Waals surface area contributed by atoms with Crippen LogP contribution in [0.5, 0.6) is 11.5 Å². The van der Waals surface area contributed by atoms with E-state index in [0.717, 1.165) is 18.4 Å². The minimum absolute atomic E-state index is 0.0330. The molecule has 1 fully saturated rings. The third-order valence-corrected chi connectivity index (χ3v) is 3.48. The van der Waals surface area contributed by atoms with Crippen LogP contribution in [0.1, 0.15) is 18.4 Å². The monoisotopic (exact) mass is 279 g/mol. The summed E-state index contributed by atoms with van der Waals surface area (Å²) in [6.07, 6.45) is 1.35. The molecule has 0 saturated heterocycles. The van der Waals surface area contributed by atoms with Crippen molar-refractivity contribution in [2.24, 2.45) is 5.92 Å². The summed E-state index contributed by atoms with van der Waals surface area (Å²) in [5.74, 6) is 1.42. The highest BCUT2D eigenvalue weighted by Crippen LogP contribution is 2.28. The molecule has 0 atom stereocenters. The van der Waals surface area contributed by atoms with Gasteiger partial charge in [0.15, 0.2) is 18.1 Å². The van der Waals surface area contributed by atoms with Crippen LogP contribution in [-0.4, -0.2) is 37.4 Å². The number of hydrogen-bond acceptors (Lipinski definition) is 4. The smallest absolute Gasteiger partial charge is 0.257 e. The molecule has 1 aliphatic rings. The molecule has 1 amide bonds. The van der Waals surface area contributed by atoms with Crippen molar-refractivity contribution in [3.63, 3.8) is 0 Å². The van der Waals surface area contributed by atoms with E-state index in [9.17, 15) is 4.79 Å². The maximum atomic E-state index is 11.7. The first-order valence-corrected chi connectivity index (χ1v) is 6.80. The van der Waals surface area contributed by atoms with Crippen molar-refractivity contribution in [3.05, 3.63) is 23.8 Å². The SMILES string of the molecule is COc1cc(C)ccc1OCC(=O)NCC1CC(O)C1. The first-order chi connectivity index (χ1) is 9.58. The molecule has 5 nitrogen and oxygen atoms in total. The fourth-order valence-corrected chi connectivity index (χ4v) is 2.21. The zero-order valence-corrected chi connectivity index (χ0v) is 11.9. The quantitative estimate of drug-likeness (QED) is 0.823. The van der Waals surface area contributed by atoms with E-state index in [1.807, 2.05) is 19.1 Å². The van der Waals surface area contributed by atoms with E-state index < -0.39 is 0 Å². The highest BCUT2D eigenvalue weighted by molar-refractivity contribution is 5.77. The van der Waals surface area contributed by atoms with Crippen molar-refractivity contribution < 1.29 is 19.4 Å². The van der Waals surface area contributed by atoms with Crippen molar-refractivity contribution in [1.82, 2.24) is 5.32 Å². The molecule has 1 saturated carbocycles. The lowest BCUT2D eigenvalue weighted by molar-refractivity contribution is -0.123. The predicted octanol–water partition coefficient (Wildman–Crippen LogP) is 1.27. The van der Waals surface area contributed by atoms with E-state index in [1.165, 1.54) is 0 Å². The van der Waals surface area contributed by atoms with Gasteiger partial charge in [0.2, 0.25) is 0 Å².